The molecule has 29 heavy (non-hydrogen) atoms. The number of likely N-dealkylation sites (N-methyl/N-ethyl adjacent to an activating group) is 1. The molecule has 1 aliphatic heterocycles. The van der Waals surface area contributed by atoms with Crippen LogP contribution in [0.15, 0.2) is 18.2 Å². The molecule has 0 aromatic heterocycles. The van der Waals surface area contributed by atoms with Crippen molar-refractivity contribution >= 4 is 11.6 Å². The van der Waals surface area contributed by atoms with Crippen LogP contribution in [0.3, 0.4) is 0 Å². The lowest BCUT2D eigenvalue weighted by Crippen LogP contribution is -2.47. The number of hydrogen-bond donors (Lipinski definition) is 3. The fourth-order valence-corrected chi connectivity index (χ4v) is 3.63. The molecule has 0 radical (unpaired) electrons. The van der Waals surface area contributed by atoms with Crippen LogP contribution in [0.5, 0.6) is 5.75 Å². The summed E-state index contributed by atoms with van der Waals surface area (Å²) in [5.41, 5.74) is 6.93. The number of ether oxygens (including phenoxy) is 2. The Hall–Kier alpha value is -1.83. The Labute approximate surface area is 174 Å². The zero-order chi connectivity index (χ0) is 21.4. The minimum absolute atomic E-state index is 0.0156. The molecule has 0 saturated carbocycles. The van der Waals surface area contributed by atoms with Crippen molar-refractivity contribution in [2.24, 2.45) is 5.92 Å². The molecule has 0 aliphatic carbocycles. The zero-order valence-electron chi connectivity index (χ0n) is 18.2. The first-order valence-electron chi connectivity index (χ1n) is 10.6. The highest BCUT2D eigenvalue weighted by Gasteiger charge is 2.29. The lowest BCUT2D eigenvalue weighted by atomic mass is 10.0. The van der Waals surface area contributed by atoms with E-state index in [0.29, 0.717) is 36.7 Å². The van der Waals surface area contributed by atoms with Crippen molar-refractivity contribution in [3.8, 4) is 5.75 Å². The molecule has 0 saturated heterocycles. The van der Waals surface area contributed by atoms with Crippen LogP contribution in [0.25, 0.3) is 0 Å². The molecule has 164 valence electrons. The maximum absolute atomic E-state index is 13.5. The number of carbonyl (C=O) groups is 1. The summed E-state index contributed by atoms with van der Waals surface area (Å²) in [6, 6.07) is 4.85. The number of aliphatic hydroxyl groups excluding tert-OH is 1. The van der Waals surface area contributed by atoms with Crippen molar-refractivity contribution in [1.29, 1.82) is 0 Å². The summed E-state index contributed by atoms with van der Waals surface area (Å²) in [6.45, 7) is 7.67. The zero-order valence-corrected chi connectivity index (χ0v) is 18.2. The number of nitrogens with one attached hydrogen (secondary N) is 1. The van der Waals surface area contributed by atoms with Crippen LogP contribution < -0.4 is 15.8 Å². The van der Waals surface area contributed by atoms with E-state index in [9.17, 15) is 9.90 Å². The number of hydrogen-bond acceptors (Lipinski definition) is 6. The first-order valence-corrected chi connectivity index (χ1v) is 10.6. The van der Waals surface area contributed by atoms with Gasteiger partial charge in [-0.3, -0.25) is 4.79 Å². The number of nitrogens with two attached hydrogens (primary N) is 1. The molecule has 2 rings (SSSR count). The highest BCUT2D eigenvalue weighted by Crippen LogP contribution is 2.27. The first-order chi connectivity index (χ1) is 13.9. The van der Waals surface area contributed by atoms with Gasteiger partial charge in [-0.2, -0.15) is 0 Å². The van der Waals surface area contributed by atoms with Crippen LogP contribution in [0.1, 0.15) is 50.4 Å². The van der Waals surface area contributed by atoms with Crippen LogP contribution in [0.2, 0.25) is 0 Å². The molecule has 4 atom stereocenters. The Morgan fingerprint density at radius 1 is 1.34 bits per heavy atom. The fourth-order valence-electron chi connectivity index (χ4n) is 3.63. The summed E-state index contributed by atoms with van der Waals surface area (Å²) in [5.74, 6) is 0.445. The third-order valence-corrected chi connectivity index (χ3v) is 5.48. The molecule has 0 bridgehead atoms. The van der Waals surface area contributed by atoms with Crippen molar-refractivity contribution < 1.29 is 19.4 Å². The van der Waals surface area contributed by atoms with Gasteiger partial charge in [0.1, 0.15) is 5.75 Å². The van der Waals surface area contributed by atoms with Gasteiger partial charge >= 0.3 is 0 Å². The molecule has 0 unspecified atom stereocenters. The van der Waals surface area contributed by atoms with Crippen LogP contribution in [-0.2, 0) is 4.74 Å². The summed E-state index contributed by atoms with van der Waals surface area (Å²) in [4.78, 5) is 15.2. The van der Waals surface area contributed by atoms with Gasteiger partial charge in [0, 0.05) is 31.3 Å². The van der Waals surface area contributed by atoms with Gasteiger partial charge in [0.05, 0.1) is 30.4 Å². The summed E-state index contributed by atoms with van der Waals surface area (Å²) in [5, 5.41) is 13.0. The maximum Gasteiger partial charge on any atom is 0.258 e. The van der Waals surface area contributed by atoms with Gasteiger partial charge in [0.2, 0.25) is 0 Å². The molecule has 0 fully saturated rings. The Bertz CT molecular complexity index is 655. The lowest BCUT2D eigenvalue weighted by Gasteiger charge is -2.34. The summed E-state index contributed by atoms with van der Waals surface area (Å²) in [7, 11) is 1.90. The van der Waals surface area contributed by atoms with Crippen LogP contribution >= 0.6 is 0 Å². The summed E-state index contributed by atoms with van der Waals surface area (Å²) in [6.07, 6.45) is 2.80. The molecule has 1 heterocycles. The number of nitrogens with zero attached hydrogens (tertiary/aromatic N) is 1. The minimum Gasteiger partial charge on any atom is -0.490 e. The molecule has 1 aromatic rings. The van der Waals surface area contributed by atoms with E-state index in [0.717, 1.165) is 19.3 Å². The predicted molar refractivity (Wildman–Crippen MR) is 115 cm³/mol. The third-order valence-electron chi connectivity index (χ3n) is 5.48. The molecule has 7 nitrogen and oxygen atoms in total. The predicted octanol–water partition coefficient (Wildman–Crippen LogP) is 2.28. The van der Waals surface area contributed by atoms with E-state index in [-0.39, 0.29) is 36.7 Å². The molecule has 1 aliphatic rings. The molecular formula is C22H37N3O4. The van der Waals surface area contributed by atoms with Crippen molar-refractivity contribution in [2.75, 3.05) is 39.1 Å². The molecule has 1 aromatic carbocycles. The van der Waals surface area contributed by atoms with Crippen molar-refractivity contribution in [3.63, 3.8) is 0 Å². The second kappa shape index (κ2) is 11.4. The summed E-state index contributed by atoms with van der Waals surface area (Å²) < 4.78 is 12.2. The first kappa shape index (κ1) is 23.4. The number of rotatable bonds is 4. The highest BCUT2D eigenvalue weighted by atomic mass is 16.5. The topological polar surface area (TPSA) is 97.0 Å². The molecule has 4 N–H and O–H groups in total. The smallest absolute Gasteiger partial charge is 0.258 e. The van der Waals surface area contributed by atoms with Crippen molar-refractivity contribution in [3.05, 3.63) is 23.8 Å². The lowest BCUT2D eigenvalue weighted by molar-refractivity contribution is -0.000449. The Morgan fingerprint density at radius 2 is 2.10 bits per heavy atom. The number of aliphatic hydroxyl groups is 1. The molecule has 1 amide bonds. The number of carbonyl (C=O) groups excluding carboxylic acids is 1. The van der Waals surface area contributed by atoms with Gasteiger partial charge in [-0.15, -0.1) is 0 Å². The average molecular weight is 408 g/mol. The van der Waals surface area contributed by atoms with Crippen LogP contribution in [0, 0.1) is 5.92 Å². The van der Waals surface area contributed by atoms with Gasteiger partial charge in [0.15, 0.2) is 0 Å². The van der Waals surface area contributed by atoms with E-state index >= 15 is 0 Å². The van der Waals surface area contributed by atoms with E-state index in [2.05, 4.69) is 12.2 Å². The van der Waals surface area contributed by atoms with E-state index in [4.69, 9.17) is 15.2 Å². The molecule has 0 spiro atoms. The normalized spacial score (nSPS) is 25.6. The highest BCUT2D eigenvalue weighted by molar-refractivity contribution is 5.98. The maximum atomic E-state index is 13.5. The number of benzene rings is 1. The fraction of sp³-hybridized carbons (Fsp3) is 0.682. The standard InChI is InChI=1S/C22H37N3O4/c1-15-13-25(16(2)14-26)22(27)19-11-18(23)8-9-20(19)29-17(3)7-5-6-10-28-21(15)12-24-4/h8-9,11,15-17,21,24,26H,5-7,10,12-14,23H2,1-4H3/t15-,16-,17-,21+/m1/s1. The second-order valence-corrected chi connectivity index (χ2v) is 8.11. The minimum atomic E-state index is -0.334. The van der Waals surface area contributed by atoms with E-state index in [1.807, 2.05) is 20.9 Å². The van der Waals surface area contributed by atoms with Crippen molar-refractivity contribution in [1.82, 2.24) is 10.2 Å². The average Bonchev–Trinajstić information content (AvgIpc) is 2.70. The number of amides is 1. The van der Waals surface area contributed by atoms with Crippen molar-refractivity contribution in [2.45, 2.75) is 58.3 Å². The van der Waals surface area contributed by atoms with E-state index in [1.54, 1.807) is 23.1 Å². The largest absolute Gasteiger partial charge is 0.490 e. The van der Waals surface area contributed by atoms with Crippen LogP contribution in [-0.4, -0.2) is 67.5 Å². The Balaban J connectivity index is 2.41. The molecule has 7 heteroatoms. The second-order valence-electron chi connectivity index (χ2n) is 8.11. The monoisotopic (exact) mass is 407 g/mol. The molecular weight excluding hydrogens is 370 g/mol. The Kier molecular flexibility index (Phi) is 9.20. The van der Waals surface area contributed by atoms with Gasteiger partial charge in [-0.1, -0.05) is 6.92 Å². The number of nitrogen functional groups attached to an aromatic ring is 1. The number of fused-ring (bicyclic) bond motifs is 1. The SMILES string of the molecule is CNC[C@@H]1OCCCC[C@@H](C)Oc2ccc(N)cc2C(=O)N([C@H](C)CO)C[C@H]1C. The van der Waals surface area contributed by atoms with Gasteiger partial charge in [0.25, 0.3) is 5.91 Å². The van der Waals surface area contributed by atoms with Crippen LogP contribution in [0.4, 0.5) is 5.69 Å². The van der Waals surface area contributed by atoms with E-state index in [1.165, 1.54) is 0 Å². The van der Waals surface area contributed by atoms with Gasteiger partial charge in [-0.25, -0.2) is 0 Å². The van der Waals surface area contributed by atoms with E-state index < -0.39 is 0 Å². The van der Waals surface area contributed by atoms with Gasteiger partial charge < -0.3 is 30.5 Å². The quantitative estimate of drug-likeness (QED) is 0.663. The van der Waals surface area contributed by atoms with Gasteiger partial charge in [-0.05, 0) is 58.4 Å². The summed E-state index contributed by atoms with van der Waals surface area (Å²) >= 11 is 0. The number of anilines is 1. The third kappa shape index (κ3) is 6.59. The Morgan fingerprint density at radius 3 is 2.79 bits per heavy atom.